The van der Waals surface area contributed by atoms with Gasteiger partial charge in [-0.15, -0.1) is 0 Å². The molecular weight excluding hydrogens is 546 g/mol. The molecule has 2 fully saturated rings. The topological polar surface area (TPSA) is 107 Å². The molecule has 43 heavy (non-hydrogen) atoms. The number of fused-ring (bicyclic) bond motifs is 5. The van der Waals surface area contributed by atoms with Gasteiger partial charge in [-0.2, -0.15) is 0 Å². The van der Waals surface area contributed by atoms with Gasteiger partial charge in [0.05, 0.1) is 25.2 Å². The Balaban J connectivity index is 1.52. The van der Waals surface area contributed by atoms with Crippen molar-refractivity contribution in [3.05, 3.63) is 29.8 Å². The summed E-state index contributed by atoms with van der Waals surface area (Å²) in [5.74, 6) is 1.08. The maximum atomic E-state index is 14.1. The van der Waals surface area contributed by atoms with Crippen LogP contribution in [-0.4, -0.2) is 66.1 Å². The van der Waals surface area contributed by atoms with Gasteiger partial charge < -0.3 is 29.2 Å². The maximum Gasteiger partial charge on any atom is 0.408 e. The molecule has 6 atom stereocenters. The van der Waals surface area contributed by atoms with Crippen LogP contribution in [0.3, 0.4) is 0 Å². The predicted octanol–water partition coefficient (Wildman–Crippen LogP) is 5.85. The number of nitrogens with zero attached hydrogens (tertiary/aromatic N) is 2. The van der Waals surface area contributed by atoms with Gasteiger partial charge in [0, 0.05) is 22.9 Å². The average Bonchev–Trinajstić information content (AvgIpc) is 3.57. The van der Waals surface area contributed by atoms with E-state index in [4.69, 9.17) is 19.2 Å². The maximum absolute atomic E-state index is 14.1. The molecule has 2 amide bonds. The number of amides is 2. The predicted molar refractivity (Wildman–Crippen MR) is 164 cm³/mol. The molecule has 2 aliphatic heterocycles. The standard InChI is InChI=1S/C34H47N3O6/c1-6-25-27(20-38)37-19-29(25)42-31-23(17-22-15-16-24(41-5)18-26(22)35-31)12-9-7-8-11-21-13-10-14-28(21)43-33(40)36-30(32(37)39)34(2,3)4/h15-18,20-21,25,27-30H,6-14,19H2,1-5H3,(H,36,40)/t21-,25+,27-,28-,29+,30-/m1/s1. The van der Waals surface area contributed by atoms with E-state index in [-0.39, 0.29) is 24.5 Å². The zero-order valence-electron chi connectivity index (χ0n) is 26.3. The normalized spacial score (nSPS) is 29.0. The van der Waals surface area contributed by atoms with Gasteiger partial charge in [0.25, 0.3) is 0 Å². The minimum Gasteiger partial charge on any atom is -0.497 e. The Morgan fingerprint density at radius 2 is 1.84 bits per heavy atom. The lowest BCUT2D eigenvalue weighted by Gasteiger charge is -2.35. The first-order valence-electron chi connectivity index (χ1n) is 16.0. The van der Waals surface area contributed by atoms with E-state index in [0.29, 0.717) is 18.2 Å². The SMILES string of the molecule is CC[C@@H]1[C@@H]2CN(C(=O)[C@H](C(C)(C)C)NC(=O)O[C@@H]3CCC[C@H]3CCCCCc3cc4ccc(OC)cc4nc3O2)[C@@H]1C=O. The molecule has 0 radical (unpaired) electrons. The van der Waals surface area contributed by atoms with Crippen molar-refractivity contribution in [1.82, 2.24) is 15.2 Å². The summed E-state index contributed by atoms with van der Waals surface area (Å²) in [6.45, 7) is 7.98. The van der Waals surface area contributed by atoms with Gasteiger partial charge in [-0.25, -0.2) is 9.78 Å². The van der Waals surface area contributed by atoms with Crippen LogP contribution < -0.4 is 14.8 Å². The summed E-state index contributed by atoms with van der Waals surface area (Å²) in [7, 11) is 1.63. The Labute approximate surface area is 255 Å². The number of benzene rings is 1. The van der Waals surface area contributed by atoms with E-state index in [1.807, 2.05) is 45.9 Å². The highest BCUT2D eigenvalue weighted by atomic mass is 16.6. The molecule has 3 aliphatic rings. The molecule has 234 valence electrons. The Morgan fingerprint density at radius 3 is 2.56 bits per heavy atom. The van der Waals surface area contributed by atoms with Crippen molar-refractivity contribution in [2.24, 2.45) is 17.3 Å². The molecule has 1 saturated heterocycles. The molecule has 9 heteroatoms. The molecule has 1 aromatic carbocycles. The van der Waals surface area contributed by atoms with Gasteiger partial charge in [0.15, 0.2) is 0 Å². The molecule has 0 unspecified atom stereocenters. The van der Waals surface area contributed by atoms with Crippen molar-refractivity contribution in [3.8, 4) is 11.6 Å². The van der Waals surface area contributed by atoms with Crippen LogP contribution in [0.4, 0.5) is 4.79 Å². The summed E-state index contributed by atoms with van der Waals surface area (Å²) >= 11 is 0. The van der Waals surface area contributed by atoms with Crippen molar-refractivity contribution in [2.45, 2.75) is 110 Å². The Morgan fingerprint density at radius 1 is 1.05 bits per heavy atom. The van der Waals surface area contributed by atoms with Crippen LogP contribution >= 0.6 is 0 Å². The lowest BCUT2D eigenvalue weighted by atomic mass is 9.85. The van der Waals surface area contributed by atoms with Crippen LogP contribution in [0.2, 0.25) is 0 Å². The number of carbonyl (C=O) groups excluding carboxylic acids is 3. The smallest absolute Gasteiger partial charge is 0.408 e. The number of hydrogen-bond donors (Lipinski definition) is 1. The van der Waals surface area contributed by atoms with E-state index in [1.54, 1.807) is 12.0 Å². The van der Waals surface area contributed by atoms with Gasteiger partial charge in [-0.05, 0) is 74.5 Å². The van der Waals surface area contributed by atoms with Gasteiger partial charge in [-0.3, -0.25) is 4.79 Å². The number of methoxy groups -OCH3 is 1. The highest BCUT2D eigenvalue weighted by Crippen LogP contribution is 2.36. The Bertz CT molecular complexity index is 1320. The first kappa shape index (κ1) is 31.1. The number of hydrogen-bond acceptors (Lipinski definition) is 7. The molecule has 5 rings (SSSR count). The quantitative estimate of drug-likeness (QED) is 0.445. The van der Waals surface area contributed by atoms with Crippen LogP contribution in [0, 0.1) is 17.3 Å². The van der Waals surface area contributed by atoms with Crippen LogP contribution in [0.1, 0.15) is 84.6 Å². The van der Waals surface area contributed by atoms with Gasteiger partial charge >= 0.3 is 6.09 Å². The molecule has 1 aliphatic carbocycles. The number of ether oxygens (including phenoxy) is 3. The fourth-order valence-electron chi connectivity index (χ4n) is 7.16. The first-order chi connectivity index (χ1) is 20.6. The van der Waals surface area contributed by atoms with Crippen molar-refractivity contribution in [2.75, 3.05) is 13.7 Å². The third kappa shape index (κ3) is 6.75. The zero-order chi connectivity index (χ0) is 30.7. The molecule has 9 nitrogen and oxygen atoms in total. The third-order valence-electron chi connectivity index (χ3n) is 9.62. The van der Waals surface area contributed by atoms with Crippen molar-refractivity contribution in [3.63, 3.8) is 0 Å². The van der Waals surface area contributed by atoms with E-state index < -0.39 is 29.7 Å². The molecule has 2 aromatic rings. The number of alkyl carbamates (subject to hydrolysis) is 1. The van der Waals surface area contributed by atoms with Gasteiger partial charge in [0.2, 0.25) is 11.8 Å². The second-order valence-corrected chi connectivity index (χ2v) is 13.5. The average molecular weight is 594 g/mol. The number of carbonyl (C=O) groups is 3. The second kappa shape index (κ2) is 13.1. The van der Waals surface area contributed by atoms with Crippen LogP contribution in [0.25, 0.3) is 10.9 Å². The lowest BCUT2D eigenvalue weighted by molar-refractivity contribution is -0.139. The Hall–Kier alpha value is -3.36. The molecule has 1 N–H and O–H groups in total. The first-order valence-corrected chi connectivity index (χ1v) is 16.0. The molecule has 1 aromatic heterocycles. The monoisotopic (exact) mass is 593 g/mol. The lowest BCUT2D eigenvalue weighted by Crippen LogP contribution is -2.56. The summed E-state index contributed by atoms with van der Waals surface area (Å²) in [5, 5.41) is 3.91. The second-order valence-electron chi connectivity index (χ2n) is 13.5. The van der Waals surface area contributed by atoms with E-state index in [9.17, 15) is 14.4 Å². The number of nitrogens with one attached hydrogen (secondary N) is 1. The number of pyridine rings is 1. The Kier molecular flexibility index (Phi) is 9.47. The van der Waals surface area contributed by atoms with E-state index in [2.05, 4.69) is 11.4 Å². The minimum atomic E-state index is -0.862. The van der Waals surface area contributed by atoms with Crippen LogP contribution in [0.15, 0.2) is 24.3 Å². The van der Waals surface area contributed by atoms with Crippen molar-refractivity contribution >= 4 is 29.2 Å². The highest BCUT2D eigenvalue weighted by molar-refractivity contribution is 5.89. The highest BCUT2D eigenvalue weighted by Gasteiger charge is 2.48. The van der Waals surface area contributed by atoms with E-state index in [0.717, 1.165) is 79.9 Å². The molecular formula is C34H47N3O6. The van der Waals surface area contributed by atoms with Crippen molar-refractivity contribution < 1.29 is 28.6 Å². The van der Waals surface area contributed by atoms with Crippen LogP contribution in [-0.2, 0) is 20.7 Å². The minimum absolute atomic E-state index is 0.139. The summed E-state index contributed by atoms with van der Waals surface area (Å²) < 4.78 is 18.1. The fourth-order valence-corrected chi connectivity index (χ4v) is 7.16. The third-order valence-corrected chi connectivity index (χ3v) is 9.62. The van der Waals surface area contributed by atoms with Gasteiger partial charge in [-0.1, -0.05) is 40.5 Å². The fraction of sp³-hybridized carbons (Fsp3) is 0.647. The summed E-state index contributed by atoms with van der Waals surface area (Å²) in [6, 6.07) is 6.47. The van der Waals surface area contributed by atoms with E-state index >= 15 is 0 Å². The molecule has 2 bridgehead atoms. The molecule has 1 saturated carbocycles. The molecule has 3 heterocycles. The van der Waals surface area contributed by atoms with E-state index in [1.165, 1.54) is 0 Å². The summed E-state index contributed by atoms with van der Waals surface area (Å²) in [6.07, 6.45) is 8.20. The number of rotatable bonds is 3. The number of aryl methyl sites for hydroxylation is 1. The summed E-state index contributed by atoms with van der Waals surface area (Å²) in [4.78, 5) is 46.4. The van der Waals surface area contributed by atoms with Gasteiger partial charge in [0.1, 0.15) is 30.3 Å². The van der Waals surface area contributed by atoms with Crippen LogP contribution in [0.5, 0.6) is 11.6 Å². The zero-order valence-corrected chi connectivity index (χ0v) is 26.3. The largest absolute Gasteiger partial charge is 0.497 e. The molecule has 0 spiro atoms. The van der Waals surface area contributed by atoms with Crippen molar-refractivity contribution in [1.29, 1.82) is 0 Å². The summed E-state index contributed by atoms with van der Waals surface area (Å²) in [5.41, 5.74) is 1.20. The number of aldehydes is 1. The number of aromatic nitrogens is 1.